The SMILES string of the molecule is CC[C@]12C=CCN3CCc4c(n(c5c(OC)cccc45)[C@@](O)(C(=O)OC)C1)[C@@H]32. The number of carbonyl (C=O) groups excluding carboxylic acids is 1. The molecule has 0 unspecified atom stereocenters. The van der Waals surface area contributed by atoms with Gasteiger partial charge in [0, 0.05) is 36.0 Å². The molecule has 0 saturated heterocycles. The molecule has 4 heterocycles. The number of rotatable bonds is 3. The molecule has 0 fully saturated rings. The summed E-state index contributed by atoms with van der Waals surface area (Å²) in [5, 5.41) is 12.9. The largest absolute Gasteiger partial charge is 0.495 e. The fourth-order valence-electron chi connectivity index (χ4n) is 5.85. The molecule has 1 aromatic heterocycles. The number of hydrogen-bond donors (Lipinski definition) is 1. The van der Waals surface area contributed by atoms with Gasteiger partial charge < -0.3 is 19.1 Å². The number of nitrogens with zero attached hydrogens (tertiary/aromatic N) is 2. The van der Waals surface area contributed by atoms with Crippen molar-refractivity contribution in [3.05, 3.63) is 41.6 Å². The van der Waals surface area contributed by atoms with Gasteiger partial charge in [0.2, 0.25) is 5.72 Å². The van der Waals surface area contributed by atoms with E-state index in [0.29, 0.717) is 5.75 Å². The molecule has 1 N–H and O–H groups in total. The summed E-state index contributed by atoms with van der Waals surface area (Å²) in [4.78, 5) is 15.4. The van der Waals surface area contributed by atoms with Gasteiger partial charge in [-0.1, -0.05) is 31.2 Å². The summed E-state index contributed by atoms with van der Waals surface area (Å²) in [6.45, 7) is 4.00. The van der Waals surface area contributed by atoms with Crippen molar-refractivity contribution in [1.82, 2.24) is 9.47 Å². The molecule has 5 rings (SSSR count). The highest BCUT2D eigenvalue weighted by Crippen LogP contribution is 2.59. The van der Waals surface area contributed by atoms with Gasteiger partial charge in [-0.2, -0.15) is 0 Å². The zero-order valence-corrected chi connectivity index (χ0v) is 16.6. The maximum atomic E-state index is 13.0. The minimum atomic E-state index is -1.77. The van der Waals surface area contributed by atoms with Crippen LogP contribution in [0.3, 0.4) is 0 Å². The van der Waals surface area contributed by atoms with Crippen LogP contribution in [0.25, 0.3) is 10.9 Å². The van der Waals surface area contributed by atoms with E-state index in [1.165, 1.54) is 12.7 Å². The van der Waals surface area contributed by atoms with E-state index in [1.807, 2.05) is 16.7 Å². The second-order valence-electron chi connectivity index (χ2n) is 8.18. The molecule has 3 atom stereocenters. The number of aromatic nitrogens is 1. The molecule has 28 heavy (non-hydrogen) atoms. The summed E-state index contributed by atoms with van der Waals surface area (Å²) in [5.74, 6) is 0.0385. The molecular formula is C22H26N2O4. The summed E-state index contributed by atoms with van der Waals surface area (Å²) in [7, 11) is 2.96. The number of ether oxygens (including phenoxy) is 2. The van der Waals surface area contributed by atoms with E-state index in [2.05, 4.69) is 30.0 Å². The Morgan fingerprint density at radius 3 is 2.89 bits per heavy atom. The molecule has 0 radical (unpaired) electrons. The summed E-state index contributed by atoms with van der Waals surface area (Å²) in [6, 6.07) is 6.06. The molecule has 2 aromatic rings. The summed E-state index contributed by atoms with van der Waals surface area (Å²) in [6.07, 6.45) is 6.40. The highest BCUT2D eigenvalue weighted by Gasteiger charge is 2.59. The van der Waals surface area contributed by atoms with E-state index in [4.69, 9.17) is 9.47 Å². The van der Waals surface area contributed by atoms with E-state index in [-0.39, 0.29) is 17.9 Å². The fraction of sp³-hybridized carbons (Fsp3) is 0.500. The maximum Gasteiger partial charge on any atom is 0.359 e. The van der Waals surface area contributed by atoms with Crippen molar-refractivity contribution in [2.24, 2.45) is 5.41 Å². The molecule has 3 aliphatic rings. The smallest absolute Gasteiger partial charge is 0.359 e. The molecule has 6 heteroatoms. The highest BCUT2D eigenvalue weighted by molar-refractivity contribution is 5.94. The van der Waals surface area contributed by atoms with Crippen LogP contribution >= 0.6 is 0 Å². The molecular weight excluding hydrogens is 356 g/mol. The summed E-state index contributed by atoms with van der Waals surface area (Å²) >= 11 is 0. The zero-order chi connectivity index (χ0) is 19.7. The monoisotopic (exact) mass is 382 g/mol. The van der Waals surface area contributed by atoms with Gasteiger partial charge in [-0.25, -0.2) is 4.79 Å². The first kappa shape index (κ1) is 17.8. The van der Waals surface area contributed by atoms with Crippen molar-refractivity contribution >= 4 is 16.9 Å². The van der Waals surface area contributed by atoms with E-state index >= 15 is 0 Å². The topological polar surface area (TPSA) is 63.9 Å². The quantitative estimate of drug-likeness (QED) is 0.653. The van der Waals surface area contributed by atoms with Crippen LogP contribution in [0, 0.1) is 5.41 Å². The number of aliphatic hydroxyl groups is 1. The number of fused-ring (bicyclic) bond motifs is 3. The van der Waals surface area contributed by atoms with Crippen LogP contribution in [-0.2, 0) is 21.7 Å². The van der Waals surface area contributed by atoms with Crippen LogP contribution in [0.4, 0.5) is 0 Å². The Balaban J connectivity index is 1.94. The van der Waals surface area contributed by atoms with Crippen LogP contribution in [-0.4, -0.2) is 47.9 Å². The molecule has 3 aliphatic heterocycles. The molecule has 0 saturated carbocycles. The number of carbonyl (C=O) groups is 1. The first-order chi connectivity index (χ1) is 13.5. The lowest BCUT2D eigenvalue weighted by Crippen LogP contribution is -2.58. The van der Waals surface area contributed by atoms with Crippen molar-refractivity contribution < 1.29 is 19.4 Å². The Hall–Kier alpha value is -2.31. The molecule has 6 nitrogen and oxygen atoms in total. The second-order valence-corrected chi connectivity index (χ2v) is 8.18. The van der Waals surface area contributed by atoms with Crippen molar-refractivity contribution in [3.63, 3.8) is 0 Å². The summed E-state index contributed by atoms with van der Waals surface area (Å²) < 4.78 is 12.6. The Labute approximate surface area is 164 Å². The average Bonchev–Trinajstić information content (AvgIpc) is 3.08. The Bertz CT molecular complexity index is 1010. The zero-order valence-electron chi connectivity index (χ0n) is 16.6. The van der Waals surface area contributed by atoms with Crippen LogP contribution in [0.15, 0.2) is 30.4 Å². The van der Waals surface area contributed by atoms with Gasteiger partial charge >= 0.3 is 5.97 Å². The number of methoxy groups -OCH3 is 2. The van der Waals surface area contributed by atoms with Crippen LogP contribution < -0.4 is 4.74 Å². The van der Waals surface area contributed by atoms with Gasteiger partial charge in [-0.05, 0) is 24.5 Å². The van der Waals surface area contributed by atoms with E-state index in [9.17, 15) is 9.90 Å². The van der Waals surface area contributed by atoms with Gasteiger partial charge in [0.15, 0.2) is 0 Å². The number of para-hydroxylation sites is 1. The van der Waals surface area contributed by atoms with Crippen molar-refractivity contribution in [3.8, 4) is 5.75 Å². The minimum absolute atomic E-state index is 0.133. The van der Waals surface area contributed by atoms with Crippen molar-refractivity contribution in [1.29, 1.82) is 0 Å². The lowest BCUT2D eigenvalue weighted by atomic mass is 9.64. The lowest BCUT2D eigenvalue weighted by Gasteiger charge is -2.55. The van der Waals surface area contributed by atoms with Crippen molar-refractivity contribution in [2.75, 3.05) is 27.3 Å². The van der Waals surface area contributed by atoms with Crippen LogP contribution in [0.1, 0.15) is 37.1 Å². The van der Waals surface area contributed by atoms with E-state index in [1.54, 1.807) is 7.11 Å². The normalized spacial score (nSPS) is 30.9. The fourth-order valence-corrected chi connectivity index (χ4v) is 5.85. The first-order valence-electron chi connectivity index (χ1n) is 9.94. The highest BCUT2D eigenvalue weighted by atomic mass is 16.5. The Morgan fingerprint density at radius 2 is 2.18 bits per heavy atom. The van der Waals surface area contributed by atoms with E-state index < -0.39 is 11.7 Å². The third-order valence-electron chi connectivity index (χ3n) is 7.04. The number of hydrogen-bond acceptors (Lipinski definition) is 5. The third-order valence-corrected chi connectivity index (χ3v) is 7.04. The second kappa shape index (κ2) is 5.84. The Morgan fingerprint density at radius 1 is 1.36 bits per heavy atom. The molecule has 1 aromatic carbocycles. The lowest BCUT2D eigenvalue weighted by molar-refractivity contribution is -0.187. The Kier molecular flexibility index (Phi) is 3.71. The average molecular weight is 382 g/mol. The molecule has 0 amide bonds. The third kappa shape index (κ3) is 1.97. The summed E-state index contributed by atoms with van der Waals surface area (Å²) in [5.41, 5.74) is 0.950. The van der Waals surface area contributed by atoms with Crippen LogP contribution in [0.5, 0.6) is 5.75 Å². The molecule has 148 valence electrons. The number of esters is 1. The molecule has 0 bridgehead atoms. The standard InChI is InChI=1S/C22H26N2O4/c1-4-21-10-6-11-23-12-9-15-14-7-5-8-16(27-2)17(14)24(18(15)19(21)23)22(26,13-21)20(25)28-3/h5-8,10,19,26H,4,9,11-13H2,1-3H3/t19-,21+,22+/m1/s1. The first-order valence-corrected chi connectivity index (χ1v) is 9.94. The number of benzene rings is 1. The van der Waals surface area contributed by atoms with Gasteiger partial charge in [0.1, 0.15) is 5.75 Å². The predicted octanol–water partition coefficient (Wildman–Crippen LogP) is 2.74. The van der Waals surface area contributed by atoms with Gasteiger partial charge in [0.05, 0.1) is 25.8 Å². The molecule has 0 spiro atoms. The van der Waals surface area contributed by atoms with Crippen molar-refractivity contribution in [2.45, 2.75) is 38.0 Å². The molecule has 0 aliphatic carbocycles. The van der Waals surface area contributed by atoms with E-state index in [0.717, 1.165) is 42.5 Å². The van der Waals surface area contributed by atoms with Gasteiger partial charge in [-0.15, -0.1) is 0 Å². The maximum absolute atomic E-state index is 13.0. The van der Waals surface area contributed by atoms with Crippen LogP contribution in [0.2, 0.25) is 0 Å². The predicted molar refractivity (Wildman–Crippen MR) is 105 cm³/mol. The van der Waals surface area contributed by atoms with Gasteiger partial charge in [-0.3, -0.25) is 4.90 Å². The van der Waals surface area contributed by atoms with Gasteiger partial charge in [0.25, 0.3) is 0 Å². The minimum Gasteiger partial charge on any atom is -0.495 e.